The van der Waals surface area contributed by atoms with Gasteiger partial charge in [0.2, 0.25) is 0 Å². The van der Waals surface area contributed by atoms with Crippen LogP contribution in [0.3, 0.4) is 0 Å². The molecular weight excluding hydrogens is 330 g/mol. The van der Waals surface area contributed by atoms with Crippen LogP contribution in [0.5, 0.6) is 5.75 Å². The molecule has 0 radical (unpaired) electrons. The largest absolute Gasteiger partial charge is 0.497 e. The van der Waals surface area contributed by atoms with Crippen molar-refractivity contribution in [1.29, 1.82) is 0 Å². The number of hydrogen-bond acceptors (Lipinski definition) is 5. The molecule has 1 saturated heterocycles. The van der Waals surface area contributed by atoms with Crippen molar-refractivity contribution in [1.82, 2.24) is 24.7 Å². The Hall–Kier alpha value is -2.90. The van der Waals surface area contributed by atoms with Crippen LogP contribution in [0.15, 0.2) is 42.7 Å². The number of benzene rings is 1. The molecule has 1 aliphatic rings. The number of rotatable bonds is 3. The molecule has 3 aromatic heterocycles. The van der Waals surface area contributed by atoms with Crippen molar-refractivity contribution in [2.24, 2.45) is 0 Å². The molecule has 4 aromatic rings. The number of fused-ring (bicyclic) bond motifs is 3. The van der Waals surface area contributed by atoms with Gasteiger partial charge in [0.1, 0.15) is 11.6 Å². The van der Waals surface area contributed by atoms with Gasteiger partial charge in [0.05, 0.1) is 42.2 Å². The van der Waals surface area contributed by atoms with E-state index in [0.29, 0.717) is 13.0 Å². The van der Waals surface area contributed by atoms with Gasteiger partial charge in [-0.3, -0.25) is 4.40 Å². The van der Waals surface area contributed by atoms with E-state index in [1.807, 2.05) is 42.7 Å². The zero-order valence-corrected chi connectivity index (χ0v) is 14.3. The van der Waals surface area contributed by atoms with Crippen LogP contribution in [0, 0.1) is 0 Å². The molecule has 0 bridgehead atoms. The minimum absolute atomic E-state index is 0.00463. The molecule has 132 valence electrons. The SMILES string of the molecule is COc1ccc(-c2nc([C@H]3C[C@@H](O)CN3)n3c2cnc2[nH]ccc23)cc1. The summed E-state index contributed by atoms with van der Waals surface area (Å²) in [5, 5.41) is 13.3. The number of nitrogens with zero attached hydrogens (tertiary/aromatic N) is 3. The van der Waals surface area contributed by atoms with E-state index in [2.05, 4.69) is 19.7 Å². The topological polar surface area (TPSA) is 87.5 Å². The Morgan fingerprint density at radius 3 is 2.77 bits per heavy atom. The molecule has 1 aliphatic heterocycles. The molecule has 0 aliphatic carbocycles. The highest BCUT2D eigenvalue weighted by Gasteiger charge is 2.29. The zero-order valence-electron chi connectivity index (χ0n) is 14.3. The van der Waals surface area contributed by atoms with Gasteiger partial charge < -0.3 is 20.1 Å². The highest BCUT2D eigenvalue weighted by atomic mass is 16.5. The maximum absolute atomic E-state index is 9.96. The van der Waals surface area contributed by atoms with Crippen LogP contribution < -0.4 is 10.1 Å². The molecule has 3 N–H and O–H groups in total. The number of methoxy groups -OCH3 is 1. The predicted molar refractivity (Wildman–Crippen MR) is 98.2 cm³/mol. The summed E-state index contributed by atoms with van der Waals surface area (Å²) in [5.41, 5.74) is 4.62. The zero-order chi connectivity index (χ0) is 17.7. The number of aromatic nitrogens is 4. The van der Waals surface area contributed by atoms with Crippen molar-refractivity contribution in [3.63, 3.8) is 0 Å². The molecule has 0 amide bonds. The molecule has 0 spiro atoms. The Labute approximate surface area is 149 Å². The molecule has 5 rings (SSSR count). The van der Waals surface area contributed by atoms with Gasteiger partial charge in [0, 0.05) is 18.3 Å². The maximum atomic E-state index is 9.96. The summed E-state index contributed by atoms with van der Waals surface area (Å²) in [6.45, 7) is 0.582. The number of aromatic amines is 1. The van der Waals surface area contributed by atoms with Crippen LogP contribution in [0.25, 0.3) is 27.9 Å². The van der Waals surface area contributed by atoms with E-state index in [0.717, 1.165) is 39.5 Å². The van der Waals surface area contributed by atoms with Crippen LogP contribution in [0.1, 0.15) is 18.3 Å². The summed E-state index contributed by atoms with van der Waals surface area (Å²) in [6, 6.07) is 9.88. The van der Waals surface area contributed by atoms with Gasteiger partial charge in [0.15, 0.2) is 5.65 Å². The lowest BCUT2D eigenvalue weighted by molar-refractivity contribution is 0.193. The third-order valence-corrected chi connectivity index (χ3v) is 4.98. The summed E-state index contributed by atoms with van der Waals surface area (Å²) in [6.07, 6.45) is 4.03. The Morgan fingerprint density at radius 2 is 2.04 bits per heavy atom. The number of hydrogen-bond donors (Lipinski definition) is 3. The van der Waals surface area contributed by atoms with E-state index in [-0.39, 0.29) is 12.1 Å². The molecule has 2 atom stereocenters. The average molecular weight is 349 g/mol. The van der Waals surface area contributed by atoms with Crippen LogP contribution >= 0.6 is 0 Å². The molecule has 0 saturated carbocycles. The number of H-pyrrole nitrogens is 1. The van der Waals surface area contributed by atoms with E-state index in [1.54, 1.807) is 7.11 Å². The van der Waals surface area contributed by atoms with E-state index >= 15 is 0 Å². The van der Waals surface area contributed by atoms with Crippen molar-refractivity contribution < 1.29 is 9.84 Å². The van der Waals surface area contributed by atoms with Gasteiger partial charge in [-0.05, 0) is 36.8 Å². The first-order valence-corrected chi connectivity index (χ1v) is 8.65. The van der Waals surface area contributed by atoms with Crippen molar-refractivity contribution >= 4 is 16.7 Å². The average Bonchev–Trinajstić information content (AvgIpc) is 3.38. The van der Waals surface area contributed by atoms with E-state index in [1.165, 1.54) is 0 Å². The first-order valence-electron chi connectivity index (χ1n) is 8.65. The normalized spacial score (nSPS) is 20.2. The second kappa shape index (κ2) is 5.82. The van der Waals surface area contributed by atoms with Gasteiger partial charge in [0.25, 0.3) is 0 Å². The van der Waals surface area contributed by atoms with Gasteiger partial charge in [-0.15, -0.1) is 0 Å². The highest BCUT2D eigenvalue weighted by molar-refractivity contribution is 5.84. The molecule has 7 heteroatoms. The molecule has 26 heavy (non-hydrogen) atoms. The lowest BCUT2D eigenvalue weighted by Crippen LogP contribution is -2.17. The highest BCUT2D eigenvalue weighted by Crippen LogP contribution is 2.33. The first-order chi connectivity index (χ1) is 12.7. The number of β-amino-alcohol motifs (C(OH)–C–C–N with tert-alkyl or cyclic N) is 1. The Kier molecular flexibility index (Phi) is 3.44. The first kappa shape index (κ1) is 15.4. The van der Waals surface area contributed by atoms with E-state index in [4.69, 9.17) is 9.72 Å². The Morgan fingerprint density at radius 1 is 1.19 bits per heavy atom. The van der Waals surface area contributed by atoms with E-state index in [9.17, 15) is 5.11 Å². The molecule has 1 aromatic carbocycles. The summed E-state index contributed by atoms with van der Waals surface area (Å²) in [4.78, 5) is 12.6. The second-order valence-corrected chi connectivity index (χ2v) is 6.59. The minimum Gasteiger partial charge on any atom is -0.497 e. The van der Waals surface area contributed by atoms with Crippen LogP contribution in [0.2, 0.25) is 0 Å². The molecular formula is C19H19N5O2. The number of ether oxygens (including phenoxy) is 1. The Balaban J connectivity index is 1.75. The number of nitrogens with one attached hydrogen (secondary N) is 2. The lowest BCUT2D eigenvalue weighted by Gasteiger charge is -2.09. The number of aliphatic hydroxyl groups excluding tert-OH is 1. The number of imidazole rings is 1. The van der Waals surface area contributed by atoms with Crippen molar-refractivity contribution in [2.75, 3.05) is 13.7 Å². The smallest absolute Gasteiger partial charge is 0.154 e. The molecule has 0 unspecified atom stereocenters. The summed E-state index contributed by atoms with van der Waals surface area (Å²) >= 11 is 0. The predicted octanol–water partition coefficient (Wildman–Crippen LogP) is 2.28. The third-order valence-electron chi connectivity index (χ3n) is 4.98. The van der Waals surface area contributed by atoms with Gasteiger partial charge in [-0.2, -0.15) is 0 Å². The van der Waals surface area contributed by atoms with Gasteiger partial charge in [-0.25, -0.2) is 9.97 Å². The van der Waals surface area contributed by atoms with Crippen LogP contribution in [-0.2, 0) is 0 Å². The number of aliphatic hydroxyl groups is 1. The van der Waals surface area contributed by atoms with Crippen molar-refractivity contribution in [2.45, 2.75) is 18.6 Å². The lowest BCUT2D eigenvalue weighted by atomic mass is 10.1. The fourth-order valence-electron chi connectivity index (χ4n) is 3.69. The fourth-order valence-corrected chi connectivity index (χ4v) is 3.69. The molecule has 7 nitrogen and oxygen atoms in total. The quantitative estimate of drug-likeness (QED) is 0.528. The van der Waals surface area contributed by atoms with Crippen molar-refractivity contribution in [3.8, 4) is 17.0 Å². The fraction of sp³-hybridized carbons (Fsp3) is 0.263. The summed E-state index contributed by atoms with van der Waals surface area (Å²) in [5.74, 6) is 1.71. The minimum atomic E-state index is -0.347. The Bertz CT molecular complexity index is 1080. The van der Waals surface area contributed by atoms with Gasteiger partial charge in [-0.1, -0.05) is 0 Å². The second-order valence-electron chi connectivity index (χ2n) is 6.59. The molecule has 1 fully saturated rings. The monoisotopic (exact) mass is 349 g/mol. The van der Waals surface area contributed by atoms with Gasteiger partial charge >= 0.3 is 0 Å². The maximum Gasteiger partial charge on any atom is 0.154 e. The molecule has 4 heterocycles. The van der Waals surface area contributed by atoms with Crippen molar-refractivity contribution in [3.05, 3.63) is 48.5 Å². The summed E-state index contributed by atoms with van der Waals surface area (Å²) < 4.78 is 7.39. The van der Waals surface area contributed by atoms with E-state index < -0.39 is 0 Å². The third kappa shape index (κ3) is 2.28. The van der Waals surface area contributed by atoms with Crippen LogP contribution in [-0.4, -0.2) is 44.2 Å². The summed E-state index contributed by atoms with van der Waals surface area (Å²) in [7, 11) is 1.66. The van der Waals surface area contributed by atoms with Crippen LogP contribution in [0.4, 0.5) is 0 Å². The standard InChI is InChI=1S/C19H19N5O2/c1-26-13-4-2-11(3-5-13)17-16-10-22-18-15(6-7-20-18)24(16)19(23-17)14-8-12(25)9-21-14/h2-7,10,12,14,20-21,25H,8-9H2,1H3/t12-,14-/m1/s1.